The minimum atomic E-state index is 0.105. The van der Waals surface area contributed by atoms with Gasteiger partial charge in [-0.3, -0.25) is 4.79 Å². The molecular formula is C16H28N2O. The summed E-state index contributed by atoms with van der Waals surface area (Å²) < 4.78 is 0. The maximum atomic E-state index is 12.3. The van der Waals surface area contributed by atoms with Gasteiger partial charge >= 0.3 is 0 Å². The fourth-order valence-corrected chi connectivity index (χ4v) is 4.57. The van der Waals surface area contributed by atoms with E-state index >= 15 is 0 Å². The summed E-state index contributed by atoms with van der Waals surface area (Å²) >= 11 is 0. The van der Waals surface area contributed by atoms with Crippen LogP contribution < -0.4 is 10.6 Å². The topological polar surface area (TPSA) is 41.1 Å². The van der Waals surface area contributed by atoms with Crippen molar-refractivity contribution in [3.05, 3.63) is 0 Å². The van der Waals surface area contributed by atoms with Gasteiger partial charge in [0.05, 0.1) is 6.04 Å². The molecule has 108 valence electrons. The Morgan fingerprint density at radius 2 is 2.05 bits per heavy atom. The fourth-order valence-electron chi connectivity index (χ4n) is 4.57. The van der Waals surface area contributed by atoms with Crippen molar-refractivity contribution in [3.8, 4) is 0 Å². The van der Waals surface area contributed by atoms with Crippen molar-refractivity contribution < 1.29 is 4.79 Å². The molecule has 3 heteroatoms. The third kappa shape index (κ3) is 2.96. The van der Waals surface area contributed by atoms with Crippen molar-refractivity contribution in [3.63, 3.8) is 0 Å². The third-order valence-electron chi connectivity index (χ3n) is 5.64. The minimum absolute atomic E-state index is 0.105. The van der Waals surface area contributed by atoms with Crippen LogP contribution in [0, 0.1) is 23.7 Å². The molecule has 0 aromatic carbocycles. The van der Waals surface area contributed by atoms with Gasteiger partial charge in [0, 0.05) is 6.54 Å². The number of carbonyl (C=O) groups excluding carboxylic acids is 1. The molecule has 0 spiro atoms. The van der Waals surface area contributed by atoms with Gasteiger partial charge in [0.15, 0.2) is 0 Å². The average molecular weight is 264 g/mol. The number of carbonyl (C=O) groups is 1. The van der Waals surface area contributed by atoms with E-state index in [1.165, 1.54) is 44.9 Å². The quantitative estimate of drug-likeness (QED) is 0.821. The molecule has 3 rings (SSSR count). The Labute approximate surface area is 116 Å². The van der Waals surface area contributed by atoms with Crippen molar-refractivity contribution in [2.45, 2.75) is 57.9 Å². The molecule has 2 aliphatic carbocycles. The highest BCUT2D eigenvalue weighted by molar-refractivity contribution is 5.82. The summed E-state index contributed by atoms with van der Waals surface area (Å²) in [5, 5.41) is 6.67. The van der Waals surface area contributed by atoms with Crippen LogP contribution in [0.25, 0.3) is 0 Å². The van der Waals surface area contributed by atoms with Crippen LogP contribution in [0.3, 0.4) is 0 Å². The highest BCUT2D eigenvalue weighted by Crippen LogP contribution is 2.37. The smallest absolute Gasteiger partial charge is 0.237 e. The van der Waals surface area contributed by atoms with Crippen LogP contribution in [0.4, 0.5) is 0 Å². The molecule has 3 fully saturated rings. The lowest BCUT2D eigenvalue weighted by Gasteiger charge is -2.27. The van der Waals surface area contributed by atoms with E-state index in [0.717, 1.165) is 24.9 Å². The van der Waals surface area contributed by atoms with Crippen LogP contribution in [0.15, 0.2) is 0 Å². The largest absolute Gasteiger partial charge is 0.354 e. The van der Waals surface area contributed by atoms with Gasteiger partial charge in [0.25, 0.3) is 0 Å². The van der Waals surface area contributed by atoms with Gasteiger partial charge in [-0.2, -0.15) is 0 Å². The second kappa shape index (κ2) is 5.82. The fraction of sp³-hybridized carbons (Fsp3) is 0.938. The molecule has 3 aliphatic rings. The summed E-state index contributed by atoms with van der Waals surface area (Å²) in [6.45, 7) is 4.30. The maximum Gasteiger partial charge on any atom is 0.237 e. The van der Waals surface area contributed by atoms with Gasteiger partial charge in [-0.25, -0.2) is 0 Å². The molecule has 1 amide bonds. The summed E-state index contributed by atoms with van der Waals surface area (Å²) in [6.07, 6.45) is 9.20. The Morgan fingerprint density at radius 1 is 1.21 bits per heavy atom. The van der Waals surface area contributed by atoms with Crippen LogP contribution in [-0.4, -0.2) is 25.0 Å². The molecule has 2 N–H and O–H groups in total. The predicted molar refractivity (Wildman–Crippen MR) is 76.8 cm³/mol. The van der Waals surface area contributed by atoms with E-state index in [4.69, 9.17) is 0 Å². The van der Waals surface area contributed by atoms with Gasteiger partial charge in [-0.1, -0.05) is 26.2 Å². The Hall–Kier alpha value is -0.570. The van der Waals surface area contributed by atoms with Crippen molar-refractivity contribution in [1.29, 1.82) is 0 Å². The van der Waals surface area contributed by atoms with Crippen LogP contribution in [0.5, 0.6) is 0 Å². The predicted octanol–water partition coefficient (Wildman–Crippen LogP) is 2.32. The van der Waals surface area contributed by atoms with E-state index in [2.05, 4.69) is 17.6 Å². The first-order chi connectivity index (χ1) is 9.24. The molecule has 3 nitrogen and oxygen atoms in total. The minimum Gasteiger partial charge on any atom is -0.354 e. The molecule has 0 bridgehead atoms. The molecule has 5 atom stereocenters. The molecule has 0 radical (unpaired) electrons. The van der Waals surface area contributed by atoms with E-state index in [-0.39, 0.29) is 11.9 Å². The van der Waals surface area contributed by atoms with E-state index in [0.29, 0.717) is 11.8 Å². The average Bonchev–Trinajstić information content (AvgIpc) is 2.98. The van der Waals surface area contributed by atoms with Gasteiger partial charge in [0.1, 0.15) is 0 Å². The SMILES string of the molecule is CC1CCCC(CNC(=O)C2NCC3CCCC32)C1. The summed E-state index contributed by atoms with van der Waals surface area (Å²) in [7, 11) is 0. The number of amides is 1. The number of nitrogens with one attached hydrogen (secondary N) is 2. The Morgan fingerprint density at radius 3 is 2.89 bits per heavy atom. The molecule has 5 unspecified atom stereocenters. The molecule has 0 aromatic rings. The van der Waals surface area contributed by atoms with Crippen molar-refractivity contribution in [2.24, 2.45) is 23.7 Å². The third-order valence-corrected chi connectivity index (χ3v) is 5.64. The lowest BCUT2D eigenvalue weighted by atomic mass is 9.82. The highest BCUT2D eigenvalue weighted by Gasteiger charge is 2.42. The monoisotopic (exact) mass is 264 g/mol. The molecule has 0 aromatic heterocycles. The zero-order chi connectivity index (χ0) is 13.2. The zero-order valence-corrected chi connectivity index (χ0v) is 12.2. The van der Waals surface area contributed by atoms with Gasteiger partial charge in [-0.15, -0.1) is 0 Å². The summed E-state index contributed by atoms with van der Waals surface area (Å²) in [4.78, 5) is 12.3. The summed E-state index contributed by atoms with van der Waals surface area (Å²) in [5.74, 6) is 3.22. The standard InChI is InChI=1S/C16H28N2O/c1-11-4-2-5-12(8-11)9-18-16(19)15-14-7-3-6-13(14)10-17-15/h11-15,17H,2-10H2,1H3,(H,18,19). The Balaban J connectivity index is 1.46. The second-order valence-corrected chi connectivity index (χ2v) is 7.12. The number of rotatable bonds is 3. The number of fused-ring (bicyclic) bond motifs is 1. The summed E-state index contributed by atoms with van der Waals surface area (Å²) in [5.41, 5.74) is 0. The number of hydrogen-bond donors (Lipinski definition) is 2. The van der Waals surface area contributed by atoms with Gasteiger partial charge in [-0.05, 0) is 55.9 Å². The lowest BCUT2D eigenvalue weighted by Crippen LogP contribution is -2.45. The Bertz CT molecular complexity index is 331. The van der Waals surface area contributed by atoms with Crippen LogP contribution in [-0.2, 0) is 4.79 Å². The molecular weight excluding hydrogens is 236 g/mol. The van der Waals surface area contributed by atoms with E-state index in [1.54, 1.807) is 0 Å². The molecule has 1 aliphatic heterocycles. The molecule has 19 heavy (non-hydrogen) atoms. The first-order valence-corrected chi connectivity index (χ1v) is 8.25. The van der Waals surface area contributed by atoms with Crippen molar-refractivity contribution in [1.82, 2.24) is 10.6 Å². The number of hydrogen-bond acceptors (Lipinski definition) is 2. The van der Waals surface area contributed by atoms with Crippen LogP contribution in [0.2, 0.25) is 0 Å². The normalized spacial score (nSPS) is 42.1. The first kappa shape index (κ1) is 13.4. The van der Waals surface area contributed by atoms with Crippen LogP contribution >= 0.6 is 0 Å². The maximum absolute atomic E-state index is 12.3. The molecule has 1 heterocycles. The van der Waals surface area contributed by atoms with E-state index in [1.807, 2.05) is 0 Å². The summed E-state index contributed by atoms with van der Waals surface area (Å²) in [6, 6.07) is 0.105. The van der Waals surface area contributed by atoms with Crippen molar-refractivity contribution >= 4 is 5.91 Å². The van der Waals surface area contributed by atoms with E-state index in [9.17, 15) is 4.79 Å². The first-order valence-electron chi connectivity index (χ1n) is 8.25. The Kier molecular flexibility index (Phi) is 4.11. The van der Waals surface area contributed by atoms with Crippen molar-refractivity contribution in [2.75, 3.05) is 13.1 Å². The highest BCUT2D eigenvalue weighted by atomic mass is 16.2. The van der Waals surface area contributed by atoms with Crippen LogP contribution in [0.1, 0.15) is 51.9 Å². The van der Waals surface area contributed by atoms with Gasteiger partial charge < -0.3 is 10.6 Å². The second-order valence-electron chi connectivity index (χ2n) is 7.12. The molecule has 2 saturated carbocycles. The van der Waals surface area contributed by atoms with E-state index < -0.39 is 0 Å². The zero-order valence-electron chi connectivity index (χ0n) is 12.2. The molecule has 1 saturated heterocycles. The lowest BCUT2D eigenvalue weighted by molar-refractivity contribution is -0.124. The van der Waals surface area contributed by atoms with Gasteiger partial charge in [0.2, 0.25) is 5.91 Å².